The molecule has 58 valence electrons. The molecule has 0 atom stereocenters. The molecule has 2 heteroatoms. The lowest BCUT2D eigenvalue weighted by atomic mass is 10.1. The van der Waals surface area contributed by atoms with Gasteiger partial charge in [-0.15, -0.1) is 0 Å². The van der Waals surface area contributed by atoms with Gasteiger partial charge in [0.2, 0.25) is 0 Å². The zero-order chi connectivity index (χ0) is 8.55. The van der Waals surface area contributed by atoms with Crippen molar-refractivity contribution in [3.05, 3.63) is 40.4 Å². The van der Waals surface area contributed by atoms with Crippen LogP contribution in [-0.4, -0.2) is 0 Å². The molecule has 0 unspecified atom stereocenters. The van der Waals surface area contributed by atoms with Crippen LogP contribution in [-0.2, 0) is 6.42 Å². The first-order chi connectivity index (χ1) is 5.83. The Morgan fingerprint density at radius 1 is 1.42 bits per heavy atom. The minimum atomic E-state index is 0.743. The quantitative estimate of drug-likeness (QED) is 0.595. The Bertz CT molecular complexity index is 399. The molecule has 0 bridgehead atoms. The highest BCUT2D eigenvalue weighted by Gasteiger charge is 2.15. The van der Waals surface area contributed by atoms with E-state index in [0.29, 0.717) is 0 Å². The van der Waals surface area contributed by atoms with Crippen molar-refractivity contribution in [1.82, 2.24) is 0 Å². The second-order valence-electron chi connectivity index (χ2n) is 2.70. The number of nitriles is 1. The predicted octanol–water partition coefficient (Wildman–Crippen LogP) is 2.80. The number of allylic oxidation sites excluding steroid dienone is 2. The number of fused-ring (bicyclic) bond motifs is 1. The third kappa shape index (κ3) is 0.929. The average molecular weight is 176 g/mol. The van der Waals surface area contributed by atoms with Crippen LogP contribution in [0.4, 0.5) is 0 Å². The Hall–Kier alpha value is -1.26. The molecule has 0 heterocycles. The Balaban J connectivity index is 2.63. The van der Waals surface area contributed by atoms with Crippen molar-refractivity contribution >= 4 is 17.2 Å². The molecule has 2 rings (SSSR count). The van der Waals surface area contributed by atoms with Gasteiger partial charge in [-0.05, 0) is 23.6 Å². The van der Waals surface area contributed by atoms with Gasteiger partial charge >= 0.3 is 0 Å². The van der Waals surface area contributed by atoms with Gasteiger partial charge in [0.25, 0.3) is 0 Å². The molecule has 0 saturated carbocycles. The standard InChI is InChI=1S/C10H6ClN/c11-10-3-1-2-8-7(6-12)4-5-9(8)10/h1-4H,5H2. The summed E-state index contributed by atoms with van der Waals surface area (Å²) in [6.45, 7) is 0. The molecular formula is C10H6ClN. The van der Waals surface area contributed by atoms with Crippen LogP contribution in [0.15, 0.2) is 24.3 Å². The van der Waals surface area contributed by atoms with Crippen molar-refractivity contribution in [2.75, 3.05) is 0 Å². The largest absolute Gasteiger partial charge is 0.192 e. The molecule has 0 fully saturated rings. The van der Waals surface area contributed by atoms with Gasteiger partial charge in [0, 0.05) is 5.02 Å². The molecule has 0 aromatic heterocycles. The Morgan fingerprint density at radius 3 is 3.00 bits per heavy atom. The Kier molecular flexibility index (Phi) is 1.64. The van der Waals surface area contributed by atoms with Crippen LogP contribution in [0, 0.1) is 11.3 Å². The van der Waals surface area contributed by atoms with Gasteiger partial charge in [-0.25, -0.2) is 0 Å². The van der Waals surface area contributed by atoms with Crippen LogP contribution in [0.5, 0.6) is 0 Å². The second kappa shape index (κ2) is 2.66. The first-order valence-electron chi connectivity index (χ1n) is 3.71. The number of benzene rings is 1. The molecule has 1 aliphatic rings. The third-order valence-electron chi connectivity index (χ3n) is 2.04. The third-order valence-corrected chi connectivity index (χ3v) is 2.39. The molecule has 0 saturated heterocycles. The van der Waals surface area contributed by atoms with E-state index in [1.807, 2.05) is 24.3 Å². The Morgan fingerprint density at radius 2 is 2.25 bits per heavy atom. The van der Waals surface area contributed by atoms with Crippen molar-refractivity contribution in [1.29, 1.82) is 5.26 Å². The summed E-state index contributed by atoms with van der Waals surface area (Å²) in [4.78, 5) is 0. The van der Waals surface area contributed by atoms with Crippen LogP contribution in [0.2, 0.25) is 5.02 Å². The van der Waals surface area contributed by atoms with Gasteiger partial charge in [-0.3, -0.25) is 0 Å². The fourth-order valence-corrected chi connectivity index (χ4v) is 1.69. The van der Waals surface area contributed by atoms with Crippen molar-refractivity contribution in [2.45, 2.75) is 6.42 Å². The minimum Gasteiger partial charge on any atom is -0.192 e. The molecule has 0 amide bonds. The number of hydrogen-bond acceptors (Lipinski definition) is 1. The van der Waals surface area contributed by atoms with Crippen molar-refractivity contribution in [3.63, 3.8) is 0 Å². The first kappa shape index (κ1) is 7.39. The topological polar surface area (TPSA) is 23.8 Å². The lowest BCUT2D eigenvalue weighted by molar-refractivity contribution is 1.31. The zero-order valence-corrected chi connectivity index (χ0v) is 7.10. The Labute approximate surface area is 75.9 Å². The van der Waals surface area contributed by atoms with Crippen LogP contribution in [0.25, 0.3) is 5.57 Å². The van der Waals surface area contributed by atoms with Gasteiger partial charge in [-0.2, -0.15) is 5.26 Å². The van der Waals surface area contributed by atoms with Gasteiger partial charge in [0.15, 0.2) is 0 Å². The van der Waals surface area contributed by atoms with E-state index >= 15 is 0 Å². The van der Waals surface area contributed by atoms with E-state index in [-0.39, 0.29) is 0 Å². The molecule has 1 aliphatic carbocycles. The monoisotopic (exact) mass is 175 g/mol. The predicted molar refractivity (Wildman–Crippen MR) is 48.7 cm³/mol. The van der Waals surface area contributed by atoms with Gasteiger partial charge in [0.1, 0.15) is 0 Å². The first-order valence-corrected chi connectivity index (χ1v) is 4.09. The number of hydrogen-bond donors (Lipinski definition) is 0. The van der Waals surface area contributed by atoms with Gasteiger partial charge in [-0.1, -0.05) is 29.8 Å². The fourth-order valence-electron chi connectivity index (χ4n) is 1.44. The summed E-state index contributed by atoms with van der Waals surface area (Å²) in [6, 6.07) is 7.81. The summed E-state index contributed by atoms with van der Waals surface area (Å²) in [5.41, 5.74) is 2.81. The highest BCUT2D eigenvalue weighted by molar-refractivity contribution is 6.31. The van der Waals surface area contributed by atoms with Crippen LogP contribution < -0.4 is 0 Å². The number of halogens is 1. The molecule has 1 nitrogen and oxygen atoms in total. The van der Waals surface area contributed by atoms with E-state index in [9.17, 15) is 0 Å². The molecule has 0 spiro atoms. The maximum Gasteiger partial charge on any atom is 0.0994 e. The normalized spacial score (nSPS) is 13.5. The van der Waals surface area contributed by atoms with Gasteiger partial charge in [0.05, 0.1) is 11.6 Å². The van der Waals surface area contributed by atoms with E-state index in [1.165, 1.54) is 0 Å². The summed E-state index contributed by atoms with van der Waals surface area (Å²) < 4.78 is 0. The van der Waals surface area contributed by atoms with Crippen molar-refractivity contribution in [2.24, 2.45) is 0 Å². The van der Waals surface area contributed by atoms with E-state index < -0.39 is 0 Å². The van der Waals surface area contributed by atoms with Crippen molar-refractivity contribution < 1.29 is 0 Å². The van der Waals surface area contributed by atoms with E-state index in [0.717, 1.165) is 28.1 Å². The van der Waals surface area contributed by atoms with Crippen LogP contribution in [0.3, 0.4) is 0 Å². The average Bonchev–Trinajstić information content (AvgIpc) is 2.49. The molecule has 1 aromatic rings. The van der Waals surface area contributed by atoms with Gasteiger partial charge < -0.3 is 0 Å². The lowest BCUT2D eigenvalue weighted by Crippen LogP contribution is -1.83. The van der Waals surface area contributed by atoms with Crippen molar-refractivity contribution in [3.8, 4) is 6.07 Å². The number of rotatable bonds is 0. The molecule has 1 aromatic carbocycles. The SMILES string of the molecule is N#CC1=CCc2c(Cl)cccc21. The highest BCUT2D eigenvalue weighted by atomic mass is 35.5. The molecule has 0 radical (unpaired) electrons. The van der Waals surface area contributed by atoms with Crippen LogP contribution in [0.1, 0.15) is 11.1 Å². The van der Waals surface area contributed by atoms with E-state index in [1.54, 1.807) is 0 Å². The maximum atomic E-state index is 8.74. The minimum absolute atomic E-state index is 0.743. The summed E-state index contributed by atoms with van der Waals surface area (Å²) in [7, 11) is 0. The highest BCUT2D eigenvalue weighted by Crippen LogP contribution is 2.31. The summed E-state index contributed by atoms with van der Waals surface area (Å²) in [5, 5.41) is 9.50. The van der Waals surface area contributed by atoms with E-state index in [4.69, 9.17) is 16.9 Å². The number of nitrogens with zero attached hydrogens (tertiary/aromatic N) is 1. The summed E-state index contributed by atoms with van der Waals surface area (Å²) >= 11 is 5.95. The maximum absolute atomic E-state index is 8.74. The zero-order valence-electron chi connectivity index (χ0n) is 6.34. The fraction of sp³-hybridized carbons (Fsp3) is 0.100. The molecule has 0 N–H and O–H groups in total. The smallest absolute Gasteiger partial charge is 0.0994 e. The molecular weight excluding hydrogens is 170 g/mol. The molecule has 0 aliphatic heterocycles. The summed E-state index contributed by atoms with van der Waals surface area (Å²) in [5.74, 6) is 0. The summed E-state index contributed by atoms with van der Waals surface area (Å²) in [6.07, 6.45) is 2.70. The lowest BCUT2D eigenvalue weighted by Gasteiger charge is -2.00. The second-order valence-corrected chi connectivity index (χ2v) is 3.11. The van der Waals surface area contributed by atoms with Crippen LogP contribution >= 0.6 is 11.6 Å². The van der Waals surface area contributed by atoms with E-state index in [2.05, 4.69) is 6.07 Å². The molecule has 12 heavy (non-hydrogen) atoms.